The maximum atomic E-state index is 6.12. The molecule has 1 aromatic rings. The molecule has 72 valence electrons. The SMILES string of the molecule is NC(Cc1cnc[nH]1)C1CCCC1. The Balaban J connectivity index is 1.87. The van der Waals surface area contributed by atoms with Crippen LogP contribution in [0.15, 0.2) is 12.5 Å². The highest BCUT2D eigenvalue weighted by Gasteiger charge is 2.22. The molecule has 0 spiro atoms. The van der Waals surface area contributed by atoms with Crippen molar-refractivity contribution in [3.8, 4) is 0 Å². The third-order valence-corrected chi connectivity index (χ3v) is 3.02. The number of nitrogens with zero attached hydrogens (tertiary/aromatic N) is 1. The first-order valence-corrected chi connectivity index (χ1v) is 5.09. The molecule has 3 N–H and O–H groups in total. The minimum Gasteiger partial charge on any atom is -0.348 e. The third kappa shape index (κ3) is 2.10. The lowest BCUT2D eigenvalue weighted by molar-refractivity contribution is 0.427. The predicted octanol–water partition coefficient (Wildman–Crippen LogP) is 1.47. The molecule has 1 saturated carbocycles. The van der Waals surface area contributed by atoms with Gasteiger partial charge >= 0.3 is 0 Å². The van der Waals surface area contributed by atoms with Crippen LogP contribution in [-0.2, 0) is 6.42 Å². The van der Waals surface area contributed by atoms with Crippen molar-refractivity contribution in [2.24, 2.45) is 11.7 Å². The molecule has 13 heavy (non-hydrogen) atoms. The molecule has 1 aliphatic carbocycles. The van der Waals surface area contributed by atoms with Crippen molar-refractivity contribution >= 4 is 0 Å². The summed E-state index contributed by atoms with van der Waals surface area (Å²) < 4.78 is 0. The number of imidazole rings is 1. The molecule has 1 heterocycles. The van der Waals surface area contributed by atoms with Crippen LogP contribution in [0.3, 0.4) is 0 Å². The smallest absolute Gasteiger partial charge is 0.0921 e. The van der Waals surface area contributed by atoms with Crippen LogP contribution in [0.1, 0.15) is 31.4 Å². The van der Waals surface area contributed by atoms with E-state index in [0.717, 1.165) is 12.3 Å². The van der Waals surface area contributed by atoms with Gasteiger partial charge in [-0.3, -0.25) is 0 Å². The van der Waals surface area contributed by atoms with Gasteiger partial charge in [0, 0.05) is 24.4 Å². The summed E-state index contributed by atoms with van der Waals surface area (Å²) >= 11 is 0. The lowest BCUT2D eigenvalue weighted by Gasteiger charge is -2.17. The number of aromatic nitrogens is 2. The van der Waals surface area contributed by atoms with E-state index in [1.54, 1.807) is 6.33 Å². The van der Waals surface area contributed by atoms with E-state index in [-0.39, 0.29) is 0 Å². The number of rotatable bonds is 3. The molecule has 1 aliphatic rings. The van der Waals surface area contributed by atoms with Crippen molar-refractivity contribution in [3.63, 3.8) is 0 Å². The first-order chi connectivity index (χ1) is 6.36. The number of H-pyrrole nitrogens is 1. The molecule has 1 atom stereocenters. The van der Waals surface area contributed by atoms with Gasteiger partial charge in [-0.1, -0.05) is 12.8 Å². The fraction of sp³-hybridized carbons (Fsp3) is 0.700. The molecular weight excluding hydrogens is 162 g/mol. The molecule has 3 nitrogen and oxygen atoms in total. The summed E-state index contributed by atoms with van der Waals surface area (Å²) in [6.45, 7) is 0. The van der Waals surface area contributed by atoms with Crippen molar-refractivity contribution in [2.45, 2.75) is 38.1 Å². The fourth-order valence-corrected chi connectivity index (χ4v) is 2.20. The van der Waals surface area contributed by atoms with Gasteiger partial charge in [0.15, 0.2) is 0 Å². The van der Waals surface area contributed by atoms with Gasteiger partial charge in [0.2, 0.25) is 0 Å². The average molecular weight is 179 g/mol. The minimum atomic E-state index is 0.322. The van der Waals surface area contributed by atoms with Gasteiger partial charge in [-0.15, -0.1) is 0 Å². The van der Waals surface area contributed by atoms with Gasteiger partial charge < -0.3 is 10.7 Å². The zero-order chi connectivity index (χ0) is 9.10. The summed E-state index contributed by atoms with van der Waals surface area (Å²) in [6, 6.07) is 0.322. The maximum Gasteiger partial charge on any atom is 0.0921 e. The molecule has 2 rings (SSSR count). The van der Waals surface area contributed by atoms with Crippen LogP contribution in [0.25, 0.3) is 0 Å². The van der Waals surface area contributed by atoms with Crippen LogP contribution in [-0.4, -0.2) is 16.0 Å². The lowest BCUT2D eigenvalue weighted by Crippen LogP contribution is -2.30. The lowest BCUT2D eigenvalue weighted by atomic mass is 9.95. The molecular formula is C10H17N3. The van der Waals surface area contributed by atoms with Crippen LogP contribution in [0, 0.1) is 5.92 Å². The van der Waals surface area contributed by atoms with Gasteiger partial charge in [-0.25, -0.2) is 4.98 Å². The van der Waals surface area contributed by atoms with E-state index >= 15 is 0 Å². The molecule has 0 saturated heterocycles. The van der Waals surface area contributed by atoms with E-state index in [4.69, 9.17) is 5.73 Å². The molecule has 0 radical (unpaired) electrons. The van der Waals surface area contributed by atoms with E-state index in [9.17, 15) is 0 Å². The fourth-order valence-electron chi connectivity index (χ4n) is 2.20. The standard InChI is InChI=1S/C10H17N3/c11-10(8-3-1-2-4-8)5-9-6-12-7-13-9/h6-8,10H,1-5,11H2,(H,12,13). The van der Waals surface area contributed by atoms with Crippen molar-refractivity contribution in [1.82, 2.24) is 9.97 Å². The Morgan fingerprint density at radius 3 is 2.92 bits per heavy atom. The second kappa shape index (κ2) is 3.92. The normalized spacial score (nSPS) is 20.7. The third-order valence-electron chi connectivity index (χ3n) is 3.02. The molecule has 0 amide bonds. The number of aromatic amines is 1. The van der Waals surface area contributed by atoms with E-state index in [0.29, 0.717) is 6.04 Å². The van der Waals surface area contributed by atoms with Crippen molar-refractivity contribution in [3.05, 3.63) is 18.2 Å². The average Bonchev–Trinajstić information content (AvgIpc) is 2.74. The number of nitrogens with two attached hydrogens (primary N) is 1. The first-order valence-electron chi connectivity index (χ1n) is 5.09. The summed E-state index contributed by atoms with van der Waals surface area (Å²) in [5.74, 6) is 0.739. The number of nitrogens with one attached hydrogen (secondary N) is 1. The Kier molecular flexibility index (Phi) is 2.64. The van der Waals surface area contributed by atoms with E-state index in [2.05, 4.69) is 9.97 Å². The quantitative estimate of drug-likeness (QED) is 0.738. The highest BCUT2D eigenvalue weighted by Crippen LogP contribution is 2.27. The van der Waals surface area contributed by atoms with E-state index in [1.165, 1.54) is 31.4 Å². The van der Waals surface area contributed by atoms with Crippen molar-refractivity contribution in [2.75, 3.05) is 0 Å². The van der Waals surface area contributed by atoms with Crippen molar-refractivity contribution in [1.29, 1.82) is 0 Å². The van der Waals surface area contributed by atoms with Crippen LogP contribution in [0.5, 0.6) is 0 Å². The second-order valence-corrected chi connectivity index (χ2v) is 3.99. The second-order valence-electron chi connectivity index (χ2n) is 3.99. The van der Waals surface area contributed by atoms with Gasteiger partial charge in [-0.2, -0.15) is 0 Å². The molecule has 1 aromatic heterocycles. The molecule has 1 unspecified atom stereocenters. The van der Waals surface area contributed by atoms with E-state index < -0.39 is 0 Å². The summed E-state index contributed by atoms with van der Waals surface area (Å²) in [7, 11) is 0. The van der Waals surface area contributed by atoms with Crippen LogP contribution >= 0.6 is 0 Å². The van der Waals surface area contributed by atoms with Gasteiger partial charge in [-0.05, 0) is 18.8 Å². The summed E-state index contributed by atoms with van der Waals surface area (Å²) in [4.78, 5) is 7.09. The van der Waals surface area contributed by atoms with Crippen LogP contribution < -0.4 is 5.73 Å². The predicted molar refractivity (Wildman–Crippen MR) is 52.2 cm³/mol. The molecule has 3 heteroatoms. The zero-order valence-corrected chi connectivity index (χ0v) is 7.87. The zero-order valence-electron chi connectivity index (χ0n) is 7.87. The minimum absolute atomic E-state index is 0.322. The Labute approximate surface area is 78.7 Å². The van der Waals surface area contributed by atoms with Gasteiger partial charge in [0.25, 0.3) is 0 Å². The summed E-state index contributed by atoms with van der Waals surface area (Å²) in [5, 5.41) is 0. The highest BCUT2D eigenvalue weighted by atomic mass is 14.9. The number of hydrogen-bond acceptors (Lipinski definition) is 2. The Morgan fingerprint density at radius 1 is 1.54 bits per heavy atom. The van der Waals surface area contributed by atoms with Gasteiger partial charge in [0.05, 0.1) is 6.33 Å². The number of hydrogen-bond donors (Lipinski definition) is 2. The monoisotopic (exact) mass is 179 g/mol. The molecule has 0 bridgehead atoms. The van der Waals surface area contributed by atoms with Crippen LogP contribution in [0.4, 0.5) is 0 Å². The molecule has 1 fully saturated rings. The Hall–Kier alpha value is -0.830. The topological polar surface area (TPSA) is 54.7 Å². The Bertz CT molecular complexity index is 237. The largest absolute Gasteiger partial charge is 0.348 e. The Morgan fingerprint density at radius 2 is 2.31 bits per heavy atom. The summed E-state index contributed by atoms with van der Waals surface area (Å²) in [5.41, 5.74) is 7.29. The van der Waals surface area contributed by atoms with Gasteiger partial charge in [0.1, 0.15) is 0 Å². The molecule has 0 aliphatic heterocycles. The first kappa shape index (κ1) is 8.75. The van der Waals surface area contributed by atoms with E-state index in [1.807, 2.05) is 6.20 Å². The maximum absolute atomic E-state index is 6.12. The van der Waals surface area contributed by atoms with Crippen molar-refractivity contribution < 1.29 is 0 Å². The van der Waals surface area contributed by atoms with Crippen LogP contribution in [0.2, 0.25) is 0 Å². The molecule has 0 aromatic carbocycles. The summed E-state index contributed by atoms with van der Waals surface area (Å²) in [6.07, 6.45) is 9.89. The highest BCUT2D eigenvalue weighted by molar-refractivity contribution is 4.98.